The number of carbonyl (C=O) groups excluding carboxylic acids is 1. The third-order valence-corrected chi connectivity index (χ3v) is 3.75. The van der Waals surface area contributed by atoms with Crippen molar-refractivity contribution in [2.75, 3.05) is 6.54 Å². The van der Waals surface area contributed by atoms with E-state index in [1.165, 1.54) is 0 Å². The van der Waals surface area contributed by atoms with Crippen LogP contribution in [0.4, 0.5) is 0 Å². The number of rotatable bonds is 2. The van der Waals surface area contributed by atoms with E-state index in [1.54, 1.807) is 10.7 Å². The zero-order valence-corrected chi connectivity index (χ0v) is 11.0. The van der Waals surface area contributed by atoms with Crippen LogP contribution in [0.15, 0.2) is 30.6 Å². The Kier molecular flexibility index (Phi) is 3.21. The number of hydrogen-bond donors (Lipinski definition) is 2. The third-order valence-electron chi connectivity index (χ3n) is 3.75. The minimum absolute atomic E-state index is 0.0400. The minimum atomic E-state index is -0.0400. The summed E-state index contributed by atoms with van der Waals surface area (Å²) in [5.41, 5.74) is 1.48. The maximum absolute atomic E-state index is 12.3. The molecule has 2 atom stereocenters. The zero-order valence-electron chi connectivity index (χ0n) is 11.0. The standard InChI is InChI=1S/C14H18N4O/c1-10-12(5-4-7-15-10)17-14(19)11-9-16-18-8-3-2-6-13(11)18/h2-3,6,8-10,12,15H,4-5,7H2,1H3,(H,17,19). The summed E-state index contributed by atoms with van der Waals surface area (Å²) >= 11 is 0. The Morgan fingerprint density at radius 1 is 1.53 bits per heavy atom. The number of pyridine rings is 1. The Morgan fingerprint density at radius 3 is 3.26 bits per heavy atom. The third kappa shape index (κ3) is 2.33. The Hall–Kier alpha value is -1.88. The van der Waals surface area contributed by atoms with Crippen LogP contribution in [0.2, 0.25) is 0 Å². The van der Waals surface area contributed by atoms with E-state index < -0.39 is 0 Å². The molecule has 5 nitrogen and oxygen atoms in total. The van der Waals surface area contributed by atoms with E-state index in [0.717, 1.165) is 24.9 Å². The van der Waals surface area contributed by atoms with E-state index in [0.29, 0.717) is 11.6 Å². The second-order valence-electron chi connectivity index (χ2n) is 5.05. The van der Waals surface area contributed by atoms with E-state index in [9.17, 15) is 4.79 Å². The summed E-state index contributed by atoms with van der Waals surface area (Å²) in [4.78, 5) is 12.3. The fourth-order valence-electron chi connectivity index (χ4n) is 2.60. The van der Waals surface area contributed by atoms with Crippen LogP contribution < -0.4 is 10.6 Å². The van der Waals surface area contributed by atoms with E-state index >= 15 is 0 Å². The van der Waals surface area contributed by atoms with Crippen molar-refractivity contribution >= 4 is 11.4 Å². The summed E-state index contributed by atoms with van der Waals surface area (Å²) < 4.78 is 1.72. The molecule has 1 aliphatic rings. The Balaban J connectivity index is 1.80. The maximum Gasteiger partial charge on any atom is 0.255 e. The highest BCUT2D eigenvalue weighted by Gasteiger charge is 2.23. The van der Waals surface area contributed by atoms with Gasteiger partial charge in [-0.05, 0) is 38.4 Å². The van der Waals surface area contributed by atoms with Gasteiger partial charge in [-0.3, -0.25) is 4.79 Å². The highest BCUT2D eigenvalue weighted by Crippen LogP contribution is 2.13. The van der Waals surface area contributed by atoms with Gasteiger partial charge in [0, 0.05) is 18.3 Å². The first kappa shape index (κ1) is 12.2. The number of carbonyl (C=O) groups is 1. The molecule has 2 N–H and O–H groups in total. The molecule has 1 fully saturated rings. The lowest BCUT2D eigenvalue weighted by atomic mass is 9.99. The largest absolute Gasteiger partial charge is 0.348 e. The number of nitrogens with zero attached hydrogens (tertiary/aromatic N) is 2. The zero-order chi connectivity index (χ0) is 13.2. The van der Waals surface area contributed by atoms with Gasteiger partial charge in [-0.1, -0.05) is 6.07 Å². The van der Waals surface area contributed by atoms with E-state index in [1.807, 2.05) is 24.4 Å². The lowest BCUT2D eigenvalue weighted by Gasteiger charge is -2.30. The van der Waals surface area contributed by atoms with Crippen LogP contribution in [0.25, 0.3) is 5.52 Å². The van der Waals surface area contributed by atoms with Gasteiger partial charge in [0.2, 0.25) is 0 Å². The maximum atomic E-state index is 12.3. The van der Waals surface area contributed by atoms with Crippen LogP contribution in [-0.4, -0.2) is 34.1 Å². The summed E-state index contributed by atoms with van der Waals surface area (Å²) in [7, 11) is 0. The van der Waals surface area contributed by atoms with Crippen molar-refractivity contribution in [2.24, 2.45) is 0 Å². The van der Waals surface area contributed by atoms with Gasteiger partial charge in [0.15, 0.2) is 0 Å². The van der Waals surface area contributed by atoms with Crippen LogP contribution in [-0.2, 0) is 0 Å². The average Bonchev–Trinajstić information content (AvgIpc) is 2.85. The van der Waals surface area contributed by atoms with Crippen LogP contribution in [0.1, 0.15) is 30.1 Å². The molecule has 2 aromatic heterocycles. The SMILES string of the molecule is CC1NCCCC1NC(=O)c1cnn2ccccc12. The molecule has 1 saturated heterocycles. The first-order chi connectivity index (χ1) is 9.25. The monoisotopic (exact) mass is 258 g/mol. The van der Waals surface area contributed by atoms with Crippen molar-refractivity contribution in [1.29, 1.82) is 0 Å². The molecule has 2 unspecified atom stereocenters. The number of hydrogen-bond acceptors (Lipinski definition) is 3. The molecular weight excluding hydrogens is 240 g/mol. The van der Waals surface area contributed by atoms with Gasteiger partial charge in [0.1, 0.15) is 0 Å². The average molecular weight is 258 g/mol. The van der Waals surface area contributed by atoms with Crippen LogP contribution in [0.3, 0.4) is 0 Å². The predicted octanol–water partition coefficient (Wildman–Crippen LogP) is 1.20. The Bertz CT molecular complexity index is 592. The highest BCUT2D eigenvalue weighted by atomic mass is 16.1. The van der Waals surface area contributed by atoms with Crippen LogP contribution >= 0.6 is 0 Å². The van der Waals surface area contributed by atoms with Crippen molar-refractivity contribution in [2.45, 2.75) is 31.8 Å². The predicted molar refractivity (Wildman–Crippen MR) is 73.1 cm³/mol. The van der Waals surface area contributed by atoms with Gasteiger partial charge in [0.25, 0.3) is 5.91 Å². The number of piperidine rings is 1. The molecule has 5 heteroatoms. The molecule has 0 saturated carbocycles. The first-order valence-corrected chi connectivity index (χ1v) is 6.72. The topological polar surface area (TPSA) is 58.4 Å². The molecule has 0 bridgehead atoms. The molecule has 0 radical (unpaired) electrons. The number of nitrogens with one attached hydrogen (secondary N) is 2. The van der Waals surface area contributed by atoms with E-state index in [-0.39, 0.29) is 11.9 Å². The minimum Gasteiger partial charge on any atom is -0.348 e. The normalized spacial score (nSPS) is 23.4. The molecular formula is C14H18N4O. The molecule has 1 aliphatic heterocycles. The van der Waals surface area contributed by atoms with Crippen LogP contribution in [0, 0.1) is 0 Å². The number of fused-ring (bicyclic) bond motifs is 1. The van der Waals surface area contributed by atoms with Crippen molar-refractivity contribution in [3.63, 3.8) is 0 Å². The summed E-state index contributed by atoms with van der Waals surface area (Å²) in [6.45, 7) is 3.14. The lowest BCUT2D eigenvalue weighted by Crippen LogP contribution is -2.51. The fraction of sp³-hybridized carbons (Fsp3) is 0.429. The summed E-state index contributed by atoms with van der Waals surface area (Å²) in [5, 5.41) is 10.7. The smallest absolute Gasteiger partial charge is 0.255 e. The van der Waals surface area contributed by atoms with Crippen molar-refractivity contribution in [3.8, 4) is 0 Å². The first-order valence-electron chi connectivity index (χ1n) is 6.72. The van der Waals surface area contributed by atoms with Gasteiger partial charge in [-0.2, -0.15) is 5.10 Å². The van der Waals surface area contributed by atoms with Gasteiger partial charge in [-0.25, -0.2) is 4.52 Å². The van der Waals surface area contributed by atoms with Gasteiger partial charge in [-0.15, -0.1) is 0 Å². The molecule has 19 heavy (non-hydrogen) atoms. The molecule has 3 heterocycles. The second kappa shape index (κ2) is 5.01. The van der Waals surface area contributed by atoms with Gasteiger partial charge in [0.05, 0.1) is 17.3 Å². The van der Waals surface area contributed by atoms with Gasteiger partial charge < -0.3 is 10.6 Å². The quantitative estimate of drug-likeness (QED) is 0.851. The second-order valence-corrected chi connectivity index (χ2v) is 5.05. The molecule has 100 valence electrons. The summed E-state index contributed by atoms with van der Waals surface area (Å²) in [6, 6.07) is 6.23. The molecule has 0 spiro atoms. The summed E-state index contributed by atoms with van der Waals surface area (Å²) in [6.07, 6.45) is 5.60. The molecule has 0 aliphatic carbocycles. The van der Waals surface area contributed by atoms with Crippen molar-refractivity contribution in [3.05, 3.63) is 36.2 Å². The number of amides is 1. The molecule has 3 rings (SSSR count). The fourth-order valence-corrected chi connectivity index (χ4v) is 2.60. The lowest BCUT2D eigenvalue weighted by molar-refractivity contribution is 0.0921. The number of aromatic nitrogens is 2. The van der Waals surface area contributed by atoms with E-state index in [2.05, 4.69) is 22.7 Å². The molecule has 1 amide bonds. The summed E-state index contributed by atoms with van der Waals surface area (Å²) in [5.74, 6) is -0.0400. The van der Waals surface area contributed by atoms with Crippen molar-refractivity contribution < 1.29 is 4.79 Å². The van der Waals surface area contributed by atoms with Crippen molar-refractivity contribution in [1.82, 2.24) is 20.2 Å². The van der Waals surface area contributed by atoms with E-state index in [4.69, 9.17) is 0 Å². The molecule has 0 aromatic carbocycles. The van der Waals surface area contributed by atoms with Gasteiger partial charge >= 0.3 is 0 Å². The van der Waals surface area contributed by atoms with Crippen LogP contribution in [0.5, 0.6) is 0 Å². The Labute approximate surface area is 112 Å². The highest BCUT2D eigenvalue weighted by molar-refractivity contribution is 6.00. The molecule has 2 aromatic rings. The Morgan fingerprint density at radius 2 is 2.42 bits per heavy atom.